The lowest BCUT2D eigenvalue weighted by atomic mass is 9.91. The van der Waals surface area contributed by atoms with Crippen molar-refractivity contribution < 1.29 is 10.2 Å². The highest BCUT2D eigenvalue weighted by molar-refractivity contribution is 5.84. The first-order valence-corrected chi connectivity index (χ1v) is 15.8. The van der Waals surface area contributed by atoms with Crippen molar-refractivity contribution in [1.82, 2.24) is 29.3 Å². The van der Waals surface area contributed by atoms with E-state index in [4.69, 9.17) is 15.0 Å². The van der Waals surface area contributed by atoms with Gasteiger partial charge in [-0.2, -0.15) is 15.1 Å². The van der Waals surface area contributed by atoms with Gasteiger partial charge in [0.05, 0.1) is 24.6 Å². The largest absolute Gasteiger partial charge is 0.388 e. The average molecular weight is 615 g/mol. The van der Waals surface area contributed by atoms with Crippen molar-refractivity contribution in [3.05, 3.63) is 132 Å². The Morgan fingerprint density at radius 1 is 0.826 bits per heavy atom. The fraction of sp³-hybridized carbons (Fsp3) is 0.278. The summed E-state index contributed by atoms with van der Waals surface area (Å²) in [7, 11) is 0. The number of nitrogens with zero attached hydrogens (tertiary/aromatic N) is 6. The SMILES string of the molecule is Cc1cnn([C@H]2C[C@@H](n3cnc4c(NCC(c5ccccc5)c5ccccc5)nc(NCCc5ccccc5)nc43)[C@H](O)[C@@H]2O)c1. The number of aromatic nitrogens is 6. The molecule has 3 aromatic heterocycles. The second kappa shape index (κ2) is 13.1. The lowest BCUT2D eigenvalue weighted by molar-refractivity contribution is 0.00722. The molecule has 6 aromatic rings. The molecule has 46 heavy (non-hydrogen) atoms. The number of aryl methyl sites for hydroxylation is 1. The Labute approximate surface area is 267 Å². The summed E-state index contributed by atoms with van der Waals surface area (Å²) in [5.74, 6) is 1.15. The van der Waals surface area contributed by atoms with Gasteiger partial charge in [0.1, 0.15) is 12.2 Å². The third kappa shape index (κ3) is 6.09. The van der Waals surface area contributed by atoms with Crippen molar-refractivity contribution in [2.45, 2.75) is 50.0 Å². The summed E-state index contributed by atoms with van der Waals surface area (Å²) in [6.07, 6.45) is 4.63. The first kappa shape index (κ1) is 29.6. The molecule has 10 heteroatoms. The van der Waals surface area contributed by atoms with E-state index in [2.05, 4.69) is 76.4 Å². The van der Waals surface area contributed by atoms with Crippen LogP contribution in [0.25, 0.3) is 11.2 Å². The first-order valence-electron chi connectivity index (χ1n) is 15.8. The average Bonchev–Trinajstić information content (AvgIpc) is 3.79. The highest BCUT2D eigenvalue weighted by Crippen LogP contribution is 2.40. The highest BCUT2D eigenvalue weighted by atomic mass is 16.3. The minimum atomic E-state index is -1.02. The smallest absolute Gasteiger partial charge is 0.226 e. The minimum Gasteiger partial charge on any atom is -0.388 e. The molecule has 0 spiro atoms. The molecule has 10 nitrogen and oxygen atoms in total. The summed E-state index contributed by atoms with van der Waals surface area (Å²) in [5, 5.41) is 33.7. The normalized spacial score (nSPS) is 19.6. The molecule has 0 bridgehead atoms. The maximum atomic E-state index is 11.2. The first-order chi connectivity index (χ1) is 22.5. The predicted molar refractivity (Wildman–Crippen MR) is 179 cm³/mol. The second-order valence-electron chi connectivity index (χ2n) is 12.0. The van der Waals surface area contributed by atoms with Crippen molar-refractivity contribution in [1.29, 1.82) is 0 Å². The van der Waals surface area contributed by atoms with Gasteiger partial charge < -0.3 is 25.4 Å². The van der Waals surface area contributed by atoms with Gasteiger partial charge >= 0.3 is 0 Å². The van der Waals surface area contributed by atoms with Crippen LogP contribution in [-0.2, 0) is 6.42 Å². The molecular weight excluding hydrogens is 576 g/mol. The molecular formula is C36H38N8O2. The Balaban J connectivity index is 1.21. The minimum absolute atomic E-state index is 0.0778. The zero-order chi connectivity index (χ0) is 31.5. The van der Waals surface area contributed by atoms with Gasteiger partial charge in [-0.05, 0) is 42.0 Å². The van der Waals surface area contributed by atoms with Crippen LogP contribution in [0.1, 0.15) is 46.7 Å². The predicted octanol–water partition coefficient (Wildman–Crippen LogP) is 5.14. The number of nitrogens with one attached hydrogen (secondary N) is 2. The number of hydrogen-bond donors (Lipinski definition) is 4. The number of anilines is 2. The van der Waals surface area contributed by atoms with E-state index in [1.165, 1.54) is 16.7 Å². The summed E-state index contributed by atoms with van der Waals surface area (Å²) >= 11 is 0. The molecule has 1 saturated carbocycles. The van der Waals surface area contributed by atoms with Crippen LogP contribution in [0.2, 0.25) is 0 Å². The topological polar surface area (TPSA) is 126 Å². The van der Waals surface area contributed by atoms with Crippen LogP contribution >= 0.6 is 0 Å². The Hall–Kier alpha value is -5.06. The number of aliphatic hydroxyl groups excluding tert-OH is 2. The highest BCUT2D eigenvalue weighted by Gasteiger charge is 2.44. The van der Waals surface area contributed by atoms with E-state index < -0.39 is 18.2 Å². The van der Waals surface area contributed by atoms with Gasteiger partial charge in [-0.25, -0.2) is 4.98 Å². The van der Waals surface area contributed by atoms with Gasteiger partial charge in [0, 0.05) is 25.2 Å². The number of benzene rings is 3. The van der Waals surface area contributed by atoms with E-state index in [1.807, 2.05) is 48.0 Å². The Bertz CT molecular complexity index is 1840. The summed E-state index contributed by atoms with van der Waals surface area (Å²) in [6.45, 7) is 3.19. The van der Waals surface area contributed by atoms with Gasteiger partial charge in [0.15, 0.2) is 17.0 Å². The van der Waals surface area contributed by atoms with E-state index in [9.17, 15) is 10.2 Å². The molecule has 4 atom stereocenters. The Morgan fingerprint density at radius 3 is 2.13 bits per heavy atom. The molecule has 1 aliphatic rings. The van der Waals surface area contributed by atoms with Crippen LogP contribution in [0.15, 0.2) is 110 Å². The number of hydrogen-bond acceptors (Lipinski definition) is 8. The van der Waals surface area contributed by atoms with E-state index in [0.717, 1.165) is 12.0 Å². The molecule has 0 aliphatic heterocycles. The third-order valence-electron chi connectivity index (χ3n) is 8.89. The Morgan fingerprint density at radius 2 is 1.48 bits per heavy atom. The van der Waals surface area contributed by atoms with Crippen LogP contribution in [-0.4, -0.2) is 64.8 Å². The monoisotopic (exact) mass is 614 g/mol. The van der Waals surface area contributed by atoms with Gasteiger partial charge in [-0.15, -0.1) is 0 Å². The fourth-order valence-corrected chi connectivity index (χ4v) is 6.46. The van der Waals surface area contributed by atoms with E-state index in [1.54, 1.807) is 17.2 Å². The van der Waals surface area contributed by atoms with E-state index in [0.29, 0.717) is 42.4 Å². The van der Waals surface area contributed by atoms with Crippen LogP contribution in [0.3, 0.4) is 0 Å². The third-order valence-corrected chi connectivity index (χ3v) is 8.89. The number of aliphatic hydroxyl groups is 2. The molecule has 0 saturated heterocycles. The van der Waals surface area contributed by atoms with Gasteiger partial charge in [0.2, 0.25) is 5.95 Å². The molecule has 7 rings (SSSR count). The summed E-state index contributed by atoms with van der Waals surface area (Å²) in [5.41, 5.74) is 5.80. The van der Waals surface area contributed by atoms with Crippen molar-refractivity contribution in [2.24, 2.45) is 0 Å². The quantitative estimate of drug-likeness (QED) is 0.158. The van der Waals surface area contributed by atoms with Gasteiger partial charge in [-0.3, -0.25) is 4.68 Å². The van der Waals surface area contributed by atoms with E-state index >= 15 is 0 Å². The fourth-order valence-electron chi connectivity index (χ4n) is 6.46. The number of imidazole rings is 1. The molecule has 0 amide bonds. The van der Waals surface area contributed by atoms with Crippen molar-refractivity contribution >= 4 is 22.9 Å². The van der Waals surface area contributed by atoms with Crippen LogP contribution in [0.4, 0.5) is 11.8 Å². The standard InChI is InChI=1S/C36H38N8O2/c1-24-20-40-44(22-24)30-19-29(32(45)33(30)46)43-23-39-31-34(41-36(42-35(31)43)37-18-17-25-11-5-2-6-12-25)38-21-28(26-13-7-3-8-14-26)27-15-9-4-10-16-27/h2-16,20,22-23,28-30,32-33,45-46H,17-19,21H2,1H3,(H2,37,38,41,42)/t29-,30+,32+,33-/m1/s1. The lowest BCUT2D eigenvalue weighted by Crippen LogP contribution is -2.30. The van der Waals surface area contributed by atoms with E-state index in [-0.39, 0.29) is 12.0 Å². The molecule has 1 aliphatic carbocycles. The van der Waals surface area contributed by atoms with Crippen LogP contribution < -0.4 is 10.6 Å². The van der Waals surface area contributed by atoms with Gasteiger partial charge in [0.25, 0.3) is 0 Å². The molecule has 0 unspecified atom stereocenters. The van der Waals surface area contributed by atoms with Gasteiger partial charge in [-0.1, -0.05) is 91.0 Å². The Kier molecular flexibility index (Phi) is 8.45. The summed E-state index contributed by atoms with van der Waals surface area (Å²) in [4.78, 5) is 14.5. The van der Waals surface area contributed by atoms with Crippen molar-refractivity contribution in [3.8, 4) is 0 Å². The zero-order valence-electron chi connectivity index (χ0n) is 25.7. The molecule has 3 aromatic carbocycles. The molecule has 234 valence electrons. The summed E-state index contributed by atoms with van der Waals surface area (Å²) in [6, 6.07) is 30.3. The number of fused-ring (bicyclic) bond motifs is 1. The van der Waals surface area contributed by atoms with Crippen LogP contribution in [0, 0.1) is 6.92 Å². The molecule has 0 radical (unpaired) electrons. The lowest BCUT2D eigenvalue weighted by Gasteiger charge is -2.20. The van der Waals surface area contributed by atoms with Crippen LogP contribution in [0.5, 0.6) is 0 Å². The van der Waals surface area contributed by atoms with Crippen molar-refractivity contribution in [3.63, 3.8) is 0 Å². The molecule has 3 heterocycles. The maximum absolute atomic E-state index is 11.2. The maximum Gasteiger partial charge on any atom is 0.226 e. The zero-order valence-corrected chi connectivity index (χ0v) is 25.7. The summed E-state index contributed by atoms with van der Waals surface area (Å²) < 4.78 is 3.62. The van der Waals surface area contributed by atoms with Crippen molar-refractivity contribution in [2.75, 3.05) is 23.7 Å². The second-order valence-corrected chi connectivity index (χ2v) is 12.0. The molecule has 1 fully saturated rings. The molecule has 4 N–H and O–H groups in total. The number of rotatable bonds is 11.